The number of hydrogen-bond acceptors (Lipinski definition) is 3. The van der Waals surface area contributed by atoms with Crippen molar-refractivity contribution in [3.63, 3.8) is 0 Å². The predicted octanol–water partition coefficient (Wildman–Crippen LogP) is 4.17. The maximum absolute atomic E-state index is 12.8. The molecule has 1 N–H and O–H groups in total. The SMILES string of the molecule is O=C(/C=C/c1ccc(Cl)cc1)Nc1cccc(S(=O)(=O)N2CCCCC2)c1. The second-order valence-corrected chi connectivity index (χ2v) is 8.74. The van der Waals surface area contributed by atoms with E-state index in [1.165, 1.54) is 16.4 Å². The molecule has 0 spiro atoms. The summed E-state index contributed by atoms with van der Waals surface area (Å²) in [6, 6.07) is 13.5. The van der Waals surface area contributed by atoms with Crippen molar-refractivity contribution in [1.82, 2.24) is 4.31 Å². The number of carbonyl (C=O) groups is 1. The molecule has 0 saturated carbocycles. The highest BCUT2D eigenvalue weighted by molar-refractivity contribution is 7.89. The molecule has 0 bridgehead atoms. The van der Waals surface area contributed by atoms with Gasteiger partial charge in [-0.3, -0.25) is 4.79 Å². The first-order chi connectivity index (χ1) is 12.9. The molecule has 0 atom stereocenters. The van der Waals surface area contributed by atoms with Crippen molar-refractivity contribution < 1.29 is 13.2 Å². The second kappa shape index (κ2) is 8.69. The van der Waals surface area contributed by atoms with Crippen LogP contribution in [0.4, 0.5) is 5.69 Å². The van der Waals surface area contributed by atoms with Gasteiger partial charge in [0.2, 0.25) is 15.9 Å². The van der Waals surface area contributed by atoms with Crippen LogP contribution in [-0.2, 0) is 14.8 Å². The lowest BCUT2D eigenvalue weighted by Gasteiger charge is -2.26. The minimum Gasteiger partial charge on any atom is -0.322 e. The molecule has 0 unspecified atom stereocenters. The Morgan fingerprint density at radius 3 is 2.44 bits per heavy atom. The smallest absolute Gasteiger partial charge is 0.248 e. The van der Waals surface area contributed by atoms with E-state index in [-0.39, 0.29) is 10.8 Å². The van der Waals surface area contributed by atoms with Gasteiger partial charge in [-0.25, -0.2) is 8.42 Å². The van der Waals surface area contributed by atoms with Crippen LogP contribution in [0.1, 0.15) is 24.8 Å². The molecule has 1 aliphatic heterocycles. The minimum atomic E-state index is -3.53. The molecular weight excluding hydrogens is 384 g/mol. The van der Waals surface area contributed by atoms with Gasteiger partial charge in [-0.05, 0) is 54.8 Å². The molecule has 5 nitrogen and oxygen atoms in total. The quantitative estimate of drug-likeness (QED) is 0.760. The number of carbonyl (C=O) groups excluding carboxylic acids is 1. The fourth-order valence-corrected chi connectivity index (χ4v) is 4.61. The summed E-state index contributed by atoms with van der Waals surface area (Å²) in [5.41, 5.74) is 1.29. The Bertz CT molecular complexity index is 934. The predicted molar refractivity (Wildman–Crippen MR) is 108 cm³/mol. The summed E-state index contributed by atoms with van der Waals surface area (Å²) >= 11 is 5.83. The lowest BCUT2D eigenvalue weighted by Crippen LogP contribution is -2.35. The van der Waals surface area contributed by atoms with E-state index in [0.29, 0.717) is 23.8 Å². The number of amides is 1. The van der Waals surface area contributed by atoms with Crippen molar-refractivity contribution in [1.29, 1.82) is 0 Å². The molecule has 7 heteroatoms. The second-order valence-electron chi connectivity index (χ2n) is 6.37. The molecule has 0 aromatic heterocycles. The maximum Gasteiger partial charge on any atom is 0.248 e. The van der Waals surface area contributed by atoms with Crippen LogP contribution in [0.5, 0.6) is 0 Å². The van der Waals surface area contributed by atoms with Crippen molar-refractivity contribution in [3.05, 3.63) is 65.2 Å². The summed E-state index contributed by atoms with van der Waals surface area (Å²) in [6.45, 7) is 1.09. The number of anilines is 1. The first-order valence-electron chi connectivity index (χ1n) is 8.80. The van der Waals surface area contributed by atoms with Gasteiger partial charge in [-0.15, -0.1) is 0 Å². The minimum absolute atomic E-state index is 0.198. The van der Waals surface area contributed by atoms with E-state index in [9.17, 15) is 13.2 Å². The first-order valence-corrected chi connectivity index (χ1v) is 10.6. The van der Waals surface area contributed by atoms with Crippen LogP contribution in [0.25, 0.3) is 6.08 Å². The number of hydrogen-bond donors (Lipinski definition) is 1. The van der Waals surface area contributed by atoms with Gasteiger partial charge in [0.1, 0.15) is 0 Å². The number of rotatable bonds is 5. The lowest BCUT2D eigenvalue weighted by molar-refractivity contribution is -0.111. The number of sulfonamides is 1. The van der Waals surface area contributed by atoms with Gasteiger partial charge in [0.25, 0.3) is 0 Å². The Morgan fingerprint density at radius 2 is 1.74 bits per heavy atom. The molecule has 27 heavy (non-hydrogen) atoms. The maximum atomic E-state index is 12.8. The average Bonchev–Trinajstić information content (AvgIpc) is 2.68. The third kappa shape index (κ3) is 5.19. The molecule has 0 radical (unpaired) electrons. The zero-order valence-electron chi connectivity index (χ0n) is 14.8. The number of nitrogens with one attached hydrogen (secondary N) is 1. The third-order valence-electron chi connectivity index (χ3n) is 4.35. The van der Waals surface area contributed by atoms with Crippen LogP contribution in [0.15, 0.2) is 59.5 Å². The average molecular weight is 405 g/mol. The number of benzene rings is 2. The lowest BCUT2D eigenvalue weighted by atomic mass is 10.2. The summed E-state index contributed by atoms with van der Waals surface area (Å²) in [4.78, 5) is 12.3. The van der Waals surface area contributed by atoms with Gasteiger partial charge in [0.05, 0.1) is 4.90 Å². The molecule has 2 aromatic carbocycles. The van der Waals surface area contributed by atoms with Crippen LogP contribution in [-0.4, -0.2) is 31.7 Å². The molecule has 142 valence electrons. The Kier molecular flexibility index (Phi) is 6.31. The van der Waals surface area contributed by atoms with Crippen molar-refractivity contribution in [2.75, 3.05) is 18.4 Å². The van der Waals surface area contributed by atoms with Crippen LogP contribution in [0.3, 0.4) is 0 Å². The Morgan fingerprint density at radius 1 is 1.04 bits per heavy atom. The fraction of sp³-hybridized carbons (Fsp3) is 0.250. The van der Waals surface area contributed by atoms with Gasteiger partial charge in [-0.2, -0.15) is 4.31 Å². The summed E-state index contributed by atoms with van der Waals surface area (Å²) in [7, 11) is -3.53. The zero-order chi connectivity index (χ0) is 19.3. The molecular formula is C20H21ClN2O3S. The molecule has 3 rings (SSSR count). The van der Waals surface area contributed by atoms with E-state index >= 15 is 0 Å². The topological polar surface area (TPSA) is 66.5 Å². The third-order valence-corrected chi connectivity index (χ3v) is 6.50. The highest BCUT2D eigenvalue weighted by Crippen LogP contribution is 2.23. The molecule has 1 heterocycles. The van der Waals surface area contributed by atoms with Crippen molar-refractivity contribution in [2.24, 2.45) is 0 Å². The number of piperidine rings is 1. The van der Waals surface area contributed by atoms with E-state index in [4.69, 9.17) is 11.6 Å². The van der Waals surface area contributed by atoms with E-state index < -0.39 is 10.0 Å². The highest BCUT2D eigenvalue weighted by atomic mass is 35.5. The molecule has 1 saturated heterocycles. The van der Waals surface area contributed by atoms with E-state index in [2.05, 4.69) is 5.32 Å². The Hall–Kier alpha value is -2.15. The van der Waals surface area contributed by atoms with Gasteiger partial charge < -0.3 is 5.32 Å². The van der Waals surface area contributed by atoms with Crippen molar-refractivity contribution in [3.8, 4) is 0 Å². The van der Waals surface area contributed by atoms with Crippen LogP contribution >= 0.6 is 11.6 Å². The van der Waals surface area contributed by atoms with Gasteiger partial charge in [0.15, 0.2) is 0 Å². The van der Waals surface area contributed by atoms with Gasteiger partial charge >= 0.3 is 0 Å². The molecule has 0 aliphatic carbocycles. The highest BCUT2D eigenvalue weighted by Gasteiger charge is 2.26. The number of nitrogens with zero attached hydrogens (tertiary/aromatic N) is 1. The van der Waals surface area contributed by atoms with Crippen molar-refractivity contribution >= 4 is 39.3 Å². The molecule has 1 amide bonds. The van der Waals surface area contributed by atoms with E-state index in [0.717, 1.165) is 24.8 Å². The molecule has 2 aromatic rings. The normalized spacial score (nSPS) is 15.7. The Balaban J connectivity index is 1.69. The fourth-order valence-electron chi connectivity index (χ4n) is 2.92. The van der Waals surface area contributed by atoms with Crippen LogP contribution < -0.4 is 5.32 Å². The van der Waals surface area contributed by atoms with Gasteiger partial charge in [-0.1, -0.05) is 36.2 Å². The van der Waals surface area contributed by atoms with E-state index in [1.54, 1.807) is 48.5 Å². The molecule has 1 fully saturated rings. The monoisotopic (exact) mass is 404 g/mol. The summed E-state index contributed by atoms with van der Waals surface area (Å²) < 4.78 is 27.0. The van der Waals surface area contributed by atoms with Crippen molar-refractivity contribution in [2.45, 2.75) is 24.2 Å². The largest absolute Gasteiger partial charge is 0.322 e. The standard InChI is InChI=1S/C20H21ClN2O3S/c21-17-10-7-16(8-11-17)9-12-20(24)22-18-5-4-6-19(15-18)27(25,26)23-13-2-1-3-14-23/h4-12,15H,1-3,13-14H2,(H,22,24)/b12-9+. The van der Waals surface area contributed by atoms with E-state index in [1.807, 2.05) is 0 Å². The van der Waals surface area contributed by atoms with Crippen LogP contribution in [0.2, 0.25) is 5.02 Å². The summed E-state index contributed by atoms with van der Waals surface area (Å²) in [5.74, 6) is -0.336. The summed E-state index contributed by atoms with van der Waals surface area (Å²) in [6.07, 6.45) is 5.88. The summed E-state index contributed by atoms with van der Waals surface area (Å²) in [5, 5.41) is 3.33. The number of halogens is 1. The van der Waals surface area contributed by atoms with Crippen LogP contribution in [0, 0.1) is 0 Å². The first kappa shape index (κ1) is 19.6. The Labute approximate surface area is 164 Å². The molecule has 1 aliphatic rings. The van der Waals surface area contributed by atoms with Gasteiger partial charge in [0, 0.05) is 29.9 Å². The zero-order valence-corrected chi connectivity index (χ0v) is 16.3.